The predicted octanol–water partition coefficient (Wildman–Crippen LogP) is 4.88. The molecule has 0 aromatic rings. The molecular formula is C15H32O2Si. The summed E-state index contributed by atoms with van der Waals surface area (Å²) in [5, 5.41) is 0. The highest BCUT2D eigenvalue weighted by Gasteiger charge is 2.45. The van der Waals surface area contributed by atoms with Gasteiger partial charge in [0.15, 0.2) is 0 Å². The van der Waals surface area contributed by atoms with E-state index in [1.807, 2.05) is 0 Å². The van der Waals surface area contributed by atoms with Gasteiger partial charge in [0.1, 0.15) is 0 Å². The van der Waals surface area contributed by atoms with Crippen molar-refractivity contribution in [1.29, 1.82) is 0 Å². The van der Waals surface area contributed by atoms with Crippen LogP contribution >= 0.6 is 0 Å². The molecule has 2 nitrogen and oxygen atoms in total. The molecule has 1 saturated carbocycles. The zero-order valence-electron chi connectivity index (χ0n) is 12.8. The summed E-state index contributed by atoms with van der Waals surface area (Å²) in [7, 11) is -1.99. The molecule has 0 bridgehead atoms. The Morgan fingerprint density at radius 1 is 0.944 bits per heavy atom. The predicted molar refractivity (Wildman–Crippen MR) is 80.1 cm³/mol. The van der Waals surface area contributed by atoms with E-state index in [1.54, 1.807) is 0 Å². The largest absolute Gasteiger partial charge is 0.394 e. The average Bonchev–Trinajstić information content (AvgIpc) is 2.57. The summed E-state index contributed by atoms with van der Waals surface area (Å²) in [5.41, 5.74) is 0.724. The molecule has 18 heavy (non-hydrogen) atoms. The molecule has 0 aromatic carbocycles. The van der Waals surface area contributed by atoms with Crippen molar-refractivity contribution in [2.24, 2.45) is 5.92 Å². The maximum Gasteiger partial charge on any atom is 0.341 e. The van der Waals surface area contributed by atoms with Crippen LogP contribution in [-0.4, -0.2) is 21.8 Å². The molecule has 0 aromatic heterocycles. The number of hydrogen-bond acceptors (Lipinski definition) is 2. The third-order valence-electron chi connectivity index (χ3n) is 3.95. The van der Waals surface area contributed by atoms with Gasteiger partial charge in [-0.15, -0.1) is 0 Å². The molecule has 0 unspecified atom stereocenters. The molecule has 0 amide bonds. The first-order valence-corrected chi connectivity index (χ1v) is 10.0. The molecule has 0 aliphatic heterocycles. The van der Waals surface area contributed by atoms with Crippen molar-refractivity contribution in [2.45, 2.75) is 77.8 Å². The fraction of sp³-hybridized carbons (Fsp3) is 1.00. The summed E-state index contributed by atoms with van der Waals surface area (Å²) >= 11 is 0. The van der Waals surface area contributed by atoms with Gasteiger partial charge in [-0.3, -0.25) is 0 Å². The maximum absolute atomic E-state index is 6.29. The van der Waals surface area contributed by atoms with E-state index in [0.717, 1.165) is 18.8 Å². The van der Waals surface area contributed by atoms with E-state index in [9.17, 15) is 0 Å². The summed E-state index contributed by atoms with van der Waals surface area (Å²) in [6, 6.07) is 1.17. The Labute approximate surface area is 115 Å². The van der Waals surface area contributed by atoms with Crippen molar-refractivity contribution in [2.75, 3.05) is 13.2 Å². The van der Waals surface area contributed by atoms with Gasteiger partial charge < -0.3 is 8.85 Å². The SMILES string of the molecule is CCO[Si](CC(C)C)(OCC)C1CCCCCC1. The Bertz CT molecular complexity index is 205. The third kappa shape index (κ3) is 4.67. The van der Waals surface area contributed by atoms with Gasteiger partial charge in [0.05, 0.1) is 0 Å². The third-order valence-corrected chi connectivity index (χ3v) is 8.71. The van der Waals surface area contributed by atoms with Crippen molar-refractivity contribution in [3.05, 3.63) is 0 Å². The molecule has 0 saturated heterocycles. The molecule has 0 heterocycles. The van der Waals surface area contributed by atoms with Gasteiger partial charge >= 0.3 is 8.56 Å². The van der Waals surface area contributed by atoms with E-state index < -0.39 is 8.56 Å². The highest BCUT2D eigenvalue weighted by molar-refractivity contribution is 6.69. The zero-order valence-corrected chi connectivity index (χ0v) is 13.8. The quantitative estimate of drug-likeness (QED) is 0.485. The van der Waals surface area contributed by atoms with Gasteiger partial charge in [0.2, 0.25) is 0 Å². The lowest BCUT2D eigenvalue weighted by atomic mass is 10.2. The lowest BCUT2D eigenvalue weighted by Crippen LogP contribution is -2.48. The fourth-order valence-electron chi connectivity index (χ4n) is 3.34. The lowest BCUT2D eigenvalue weighted by Gasteiger charge is -2.38. The van der Waals surface area contributed by atoms with Crippen molar-refractivity contribution < 1.29 is 8.85 Å². The van der Waals surface area contributed by atoms with Crippen LogP contribution in [0.4, 0.5) is 0 Å². The van der Waals surface area contributed by atoms with E-state index in [0.29, 0.717) is 5.92 Å². The summed E-state index contributed by atoms with van der Waals surface area (Å²) in [6.07, 6.45) is 8.22. The van der Waals surface area contributed by atoms with Gasteiger partial charge in [-0.25, -0.2) is 0 Å². The first-order valence-electron chi connectivity index (χ1n) is 7.92. The molecule has 0 radical (unpaired) electrons. The van der Waals surface area contributed by atoms with E-state index in [1.165, 1.54) is 44.6 Å². The van der Waals surface area contributed by atoms with Crippen molar-refractivity contribution >= 4 is 8.56 Å². The molecule has 1 aliphatic rings. The van der Waals surface area contributed by atoms with Gasteiger partial charge in [-0.2, -0.15) is 0 Å². The van der Waals surface area contributed by atoms with Crippen LogP contribution in [0, 0.1) is 5.92 Å². The normalized spacial score (nSPS) is 19.2. The second-order valence-corrected chi connectivity index (χ2v) is 9.39. The van der Waals surface area contributed by atoms with Crippen molar-refractivity contribution in [3.63, 3.8) is 0 Å². The minimum Gasteiger partial charge on any atom is -0.394 e. The topological polar surface area (TPSA) is 18.5 Å². The van der Waals surface area contributed by atoms with E-state index in [-0.39, 0.29) is 0 Å². The summed E-state index contributed by atoms with van der Waals surface area (Å²) in [6.45, 7) is 10.5. The lowest BCUT2D eigenvalue weighted by molar-refractivity contribution is 0.164. The monoisotopic (exact) mass is 272 g/mol. The average molecular weight is 273 g/mol. The minimum absolute atomic E-state index is 0.679. The molecule has 0 atom stereocenters. The van der Waals surface area contributed by atoms with Crippen LogP contribution in [-0.2, 0) is 8.85 Å². The van der Waals surface area contributed by atoms with Crippen LogP contribution in [0.2, 0.25) is 11.6 Å². The smallest absolute Gasteiger partial charge is 0.341 e. The molecule has 1 fully saturated rings. The Morgan fingerprint density at radius 3 is 1.83 bits per heavy atom. The van der Waals surface area contributed by atoms with Gasteiger partial charge in [0, 0.05) is 18.8 Å². The van der Waals surface area contributed by atoms with E-state index >= 15 is 0 Å². The van der Waals surface area contributed by atoms with Gasteiger partial charge in [-0.05, 0) is 38.7 Å². The van der Waals surface area contributed by atoms with Crippen molar-refractivity contribution in [3.8, 4) is 0 Å². The molecule has 1 rings (SSSR count). The summed E-state index contributed by atoms with van der Waals surface area (Å²) < 4.78 is 12.6. The minimum atomic E-state index is -1.99. The van der Waals surface area contributed by atoms with Crippen molar-refractivity contribution in [1.82, 2.24) is 0 Å². The van der Waals surface area contributed by atoms with Gasteiger partial charge in [0.25, 0.3) is 0 Å². The van der Waals surface area contributed by atoms with Crippen LogP contribution in [0.1, 0.15) is 66.2 Å². The molecule has 0 N–H and O–H groups in total. The molecule has 3 heteroatoms. The summed E-state index contributed by atoms with van der Waals surface area (Å²) in [4.78, 5) is 0. The first-order chi connectivity index (χ1) is 8.64. The van der Waals surface area contributed by atoms with Crippen LogP contribution in [0.5, 0.6) is 0 Å². The van der Waals surface area contributed by atoms with E-state index in [4.69, 9.17) is 8.85 Å². The second kappa shape index (κ2) is 8.34. The maximum atomic E-state index is 6.29. The Morgan fingerprint density at radius 2 is 1.44 bits per heavy atom. The van der Waals surface area contributed by atoms with Crippen LogP contribution in [0.15, 0.2) is 0 Å². The van der Waals surface area contributed by atoms with Crippen LogP contribution in [0.3, 0.4) is 0 Å². The Hall–Kier alpha value is 0.137. The molecule has 0 spiro atoms. The number of rotatable bonds is 7. The standard InChI is InChI=1S/C15H32O2Si/c1-5-16-18(17-6-2,13-14(3)4)15-11-9-7-8-10-12-15/h14-15H,5-13H2,1-4H3. The molecular weight excluding hydrogens is 240 g/mol. The number of hydrogen-bond donors (Lipinski definition) is 0. The summed E-state index contributed by atoms with van der Waals surface area (Å²) in [5.74, 6) is 0.679. The highest BCUT2D eigenvalue weighted by Crippen LogP contribution is 2.40. The van der Waals surface area contributed by atoms with E-state index in [2.05, 4.69) is 27.7 Å². The Kier molecular flexibility index (Phi) is 7.50. The van der Waals surface area contributed by atoms with Crippen LogP contribution in [0.25, 0.3) is 0 Å². The zero-order chi connectivity index (χ0) is 13.4. The second-order valence-electron chi connectivity index (χ2n) is 5.96. The highest BCUT2D eigenvalue weighted by atomic mass is 28.4. The molecule has 1 aliphatic carbocycles. The fourth-order valence-corrected chi connectivity index (χ4v) is 7.87. The van der Waals surface area contributed by atoms with Gasteiger partial charge in [-0.1, -0.05) is 39.5 Å². The van der Waals surface area contributed by atoms with Crippen LogP contribution < -0.4 is 0 Å². The Balaban J connectivity index is 2.82. The molecule has 108 valence electrons. The first kappa shape index (κ1) is 16.2.